The topological polar surface area (TPSA) is 54.3 Å². The summed E-state index contributed by atoms with van der Waals surface area (Å²) in [7, 11) is 0. The molecular formula is C26H24ClN3O2S. The molecule has 0 atom stereocenters. The minimum absolute atomic E-state index is 0.0153. The molecule has 1 fully saturated rings. The third kappa shape index (κ3) is 4.01. The van der Waals surface area contributed by atoms with E-state index in [1.165, 1.54) is 16.0 Å². The van der Waals surface area contributed by atoms with Crippen LogP contribution in [-0.2, 0) is 9.59 Å². The highest BCUT2D eigenvalue weighted by molar-refractivity contribution is 7.80. The number of aromatic nitrogens is 1. The SMILES string of the molecule is Cc1ccc(N2C(=O)/C(=C/c3cc(C)n(-c4cccc(C)c4C)c3C)C(=O)NC2=S)cc1Cl. The lowest BCUT2D eigenvalue weighted by Gasteiger charge is -2.29. The Morgan fingerprint density at radius 1 is 0.970 bits per heavy atom. The molecule has 0 unspecified atom stereocenters. The van der Waals surface area contributed by atoms with Gasteiger partial charge in [-0.1, -0.05) is 29.8 Å². The number of rotatable bonds is 3. The summed E-state index contributed by atoms with van der Waals surface area (Å²) in [5.41, 5.74) is 7.60. The maximum atomic E-state index is 13.4. The Balaban J connectivity index is 1.79. The van der Waals surface area contributed by atoms with Gasteiger partial charge in [-0.3, -0.25) is 19.8 Å². The average Bonchev–Trinajstić information content (AvgIpc) is 3.03. The minimum Gasteiger partial charge on any atom is -0.318 e. The fourth-order valence-corrected chi connectivity index (χ4v) is 4.51. The zero-order chi connectivity index (χ0) is 24.0. The zero-order valence-electron chi connectivity index (χ0n) is 19.1. The lowest BCUT2D eigenvalue weighted by atomic mass is 10.1. The van der Waals surface area contributed by atoms with E-state index in [1.807, 2.05) is 39.0 Å². The summed E-state index contributed by atoms with van der Waals surface area (Å²) in [6.45, 7) is 10.0. The maximum absolute atomic E-state index is 13.4. The van der Waals surface area contributed by atoms with Gasteiger partial charge in [-0.25, -0.2) is 0 Å². The van der Waals surface area contributed by atoms with E-state index in [0.717, 1.165) is 28.2 Å². The van der Waals surface area contributed by atoms with Crippen molar-refractivity contribution in [1.29, 1.82) is 0 Å². The van der Waals surface area contributed by atoms with Crippen molar-refractivity contribution in [1.82, 2.24) is 9.88 Å². The quantitative estimate of drug-likeness (QED) is 0.307. The summed E-state index contributed by atoms with van der Waals surface area (Å²) in [5.74, 6) is -1.00. The Morgan fingerprint density at radius 2 is 1.70 bits per heavy atom. The number of hydrogen-bond donors (Lipinski definition) is 1. The molecule has 2 heterocycles. The summed E-state index contributed by atoms with van der Waals surface area (Å²) in [6.07, 6.45) is 1.63. The van der Waals surface area contributed by atoms with Crippen molar-refractivity contribution in [3.63, 3.8) is 0 Å². The van der Waals surface area contributed by atoms with Crippen LogP contribution in [0.3, 0.4) is 0 Å². The summed E-state index contributed by atoms with van der Waals surface area (Å²) in [4.78, 5) is 27.4. The fourth-order valence-electron chi connectivity index (χ4n) is 4.05. The van der Waals surface area contributed by atoms with Crippen molar-refractivity contribution < 1.29 is 9.59 Å². The molecule has 33 heavy (non-hydrogen) atoms. The number of carbonyl (C=O) groups is 2. The predicted molar refractivity (Wildman–Crippen MR) is 137 cm³/mol. The first-order valence-corrected chi connectivity index (χ1v) is 11.3. The van der Waals surface area contributed by atoms with Crippen LogP contribution in [0.5, 0.6) is 0 Å². The minimum atomic E-state index is -0.518. The van der Waals surface area contributed by atoms with Gasteiger partial charge >= 0.3 is 0 Å². The number of benzene rings is 2. The molecule has 2 aromatic carbocycles. The summed E-state index contributed by atoms with van der Waals surface area (Å²) < 4.78 is 2.14. The Bertz CT molecular complexity index is 1370. The molecule has 0 aliphatic carbocycles. The highest BCUT2D eigenvalue weighted by Crippen LogP contribution is 2.29. The van der Waals surface area contributed by atoms with E-state index in [2.05, 4.69) is 35.9 Å². The number of thiocarbonyl (C=S) groups is 1. The van der Waals surface area contributed by atoms with E-state index in [0.29, 0.717) is 10.7 Å². The third-order valence-electron chi connectivity index (χ3n) is 6.10. The summed E-state index contributed by atoms with van der Waals surface area (Å²) >= 11 is 11.6. The molecule has 168 valence electrons. The second-order valence-electron chi connectivity index (χ2n) is 8.27. The number of nitrogens with zero attached hydrogens (tertiary/aromatic N) is 2. The van der Waals surface area contributed by atoms with Crippen LogP contribution in [0.4, 0.5) is 5.69 Å². The Hall–Kier alpha value is -3.22. The second-order valence-corrected chi connectivity index (χ2v) is 9.07. The van der Waals surface area contributed by atoms with Crippen LogP contribution in [0.15, 0.2) is 48.0 Å². The molecule has 5 nitrogen and oxygen atoms in total. The molecule has 1 aliphatic rings. The molecular weight excluding hydrogens is 454 g/mol. The molecule has 1 N–H and O–H groups in total. The number of hydrogen-bond acceptors (Lipinski definition) is 3. The highest BCUT2D eigenvalue weighted by atomic mass is 35.5. The second kappa shape index (κ2) is 8.61. The molecule has 1 saturated heterocycles. The van der Waals surface area contributed by atoms with Crippen LogP contribution in [-0.4, -0.2) is 21.5 Å². The first-order chi connectivity index (χ1) is 15.6. The molecule has 3 aromatic rings. The predicted octanol–water partition coefficient (Wildman–Crippen LogP) is 5.50. The van der Waals surface area contributed by atoms with Crippen LogP contribution in [0.25, 0.3) is 11.8 Å². The Morgan fingerprint density at radius 3 is 2.39 bits per heavy atom. The molecule has 0 radical (unpaired) electrons. The van der Waals surface area contributed by atoms with Crippen LogP contribution >= 0.6 is 23.8 Å². The van der Waals surface area contributed by atoms with Gasteiger partial charge in [0.1, 0.15) is 5.57 Å². The van der Waals surface area contributed by atoms with E-state index in [9.17, 15) is 9.59 Å². The van der Waals surface area contributed by atoms with E-state index < -0.39 is 11.8 Å². The van der Waals surface area contributed by atoms with Gasteiger partial charge in [0.25, 0.3) is 11.8 Å². The maximum Gasteiger partial charge on any atom is 0.270 e. The van der Waals surface area contributed by atoms with Crippen molar-refractivity contribution in [2.45, 2.75) is 34.6 Å². The molecule has 0 spiro atoms. The lowest BCUT2D eigenvalue weighted by molar-refractivity contribution is -0.122. The van der Waals surface area contributed by atoms with E-state index in [1.54, 1.807) is 18.2 Å². The van der Waals surface area contributed by atoms with Gasteiger partial charge in [-0.2, -0.15) is 0 Å². The number of amides is 2. The van der Waals surface area contributed by atoms with Crippen molar-refractivity contribution in [3.8, 4) is 5.69 Å². The van der Waals surface area contributed by atoms with E-state index >= 15 is 0 Å². The molecule has 1 aromatic heterocycles. The number of aryl methyl sites for hydroxylation is 3. The van der Waals surface area contributed by atoms with Crippen LogP contribution in [0.1, 0.15) is 33.6 Å². The van der Waals surface area contributed by atoms with Crippen molar-refractivity contribution in [2.75, 3.05) is 4.90 Å². The standard InChI is InChI=1S/C26H24ClN3O2S/c1-14-7-6-8-23(17(14)4)29-16(3)11-19(18(29)5)12-21-24(31)28-26(33)30(25(21)32)20-10-9-15(2)22(27)13-20/h6-13H,1-5H3,(H,28,31,33)/b21-12+. The van der Waals surface area contributed by atoms with Crippen LogP contribution in [0, 0.1) is 34.6 Å². The largest absolute Gasteiger partial charge is 0.318 e. The van der Waals surface area contributed by atoms with Crippen molar-refractivity contribution in [2.24, 2.45) is 0 Å². The first kappa shape index (κ1) is 23.0. The van der Waals surface area contributed by atoms with Gasteiger partial charge in [0.2, 0.25) is 0 Å². The Kier molecular flexibility index (Phi) is 5.99. The highest BCUT2D eigenvalue weighted by Gasteiger charge is 2.35. The lowest BCUT2D eigenvalue weighted by Crippen LogP contribution is -2.54. The van der Waals surface area contributed by atoms with Crippen molar-refractivity contribution in [3.05, 3.63) is 86.7 Å². The van der Waals surface area contributed by atoms with E-state index in [4.69, 9.17) is 23.8 Å². The van der Waals surface area contributed by atoms with Crippen LogP contribution < -0.4 is 10.2 Å². The molecule has 0 bridgehead atoms. The van der Waals surface area contributed by atoms with E-state index in [-0.39, 0.29) is 10.7 Å². The number of carbonyl (C=O) groups excluding carboxylic acids is 2. The van der Waals surface area contributed by atoms with Gasteiger partial charge in [-0.15, -0.1) is 0 Å². The zero-order valence-corrected chi connectivity index (χ0v) is 20.7. The van der Waals surface area contributed by atoms with Crippen LogP contribution in [0.2, 0.25) is 5.02 Å². The van der Waals surface area contributed by atoms with Gasteiger partial charge in [0, 0.05) is 22.1 Å². The van der Waals surface area contributed by atoms with Gasteiger partial charge < -0.3 is 4.57 Å². The van der Waals surface area contributed by atoms with Gasteiger partial charge in [0.15, 0.2) is 5.11 Å². The average molecular weight is 478 g/mol. The van der Waals surface area contributed by atoms with Gasteiger partial charge in [-0.05, 0) is 99.4 Å². The molecule has 2 amide bonds. The smallest absolute Gasteiger partial charge is 0.270 e. The van der Waals surface area contributed by atoms with Gasteiger partial charge in [0.05, 0.1) is 5.69 Å². The first-order valence-electron chi connectivity index (χ1n) is 10.5. The fraction of sp³-hybridized carbons (Fsp3) is 0.192. The van der Waals surface area contributed by atoms with Crippen molar-refractivity contribution >= 4 is 52.5 Å². The number of nitrogens with one attached hydrogen (secondary N) is 1. The molecule has 1 aliphatic heterocycles. The monoisotopic (exact) mass is 477 g/mol. The third-order valence-corrected chi connectivity index (χ3v) is 6.79. The molecule has 7 heteroatoms. The Labute approximate surface area is 203 Å². The number of anilines is 1. The summed E-state index contributed by atoms with van der Waals surface area (Å²) in [6, 6.07) is 13.4. The molecule has 4 rings (SSSR count). The normalized spacial score (nSPS) is 15.4. The summed E-state index contributed by atoms with van der Waals surface area (Å²) in [5, 5.41) is 3.18. The molecule has 0 saturated carbocycles. The number of halogens is 1.